The largest absolute Gasteiger partial charge is 0.354 e. The molecule has 2 aromatic heterocycles. The molecule has 0 unspecified atom stereocenters. The number of oxime groups is 1. The number of nitrogens with zero attached hydrogens (tertiary/aromatic N) is 4. The molecular weight excluding hydrogens is 392 g/mol. The van der Waals surface area contributed by atoms with E-state index < -0.39 is 23.1 Å². The number of amides is 1. The molecule has 30 heavy (non-hydrogen) atoms. The van der Waals surface area contributed by atoms with Gasteiger partial charge in [0.25, 0.3) is 5.91 Å². The SMILES string of the molecule is CCC(=NOc1cccnc1C#N)c1ccc(NC(=O)c2c(F)cccc2F)nc1. The lowest BCUT2D eigenvalue weighted by molar-refractivity contribution is 0.101. The Kier molecular flexibility index (Phi) is 6.39. The topological polar surface area (TPSA) is 100 Å². The van der Waals surface area contributed by atoms with Crippen molar-refractivity contribution < 1.29 is 18.4 Å². The number of aromatic nitrogens is 2. The van der Waals surface area contributed by atoms with Gasteiger partial charge >= 0.3 is 0 Å². The molecule has 0 bridgehead atoms. The average Bonchev–Trinajstić information content (AvgIpc) is 2.75. The number of nitriles is 1. The molecule has 1 amide bonds. The quantitative estimate of drug-likeness (QED) is 0.490. The summed E-state index contributed by atoms with van der Waals surface area (Å²) in [6, 6.07) is 11.4. The minimum atomic E-state index is -0.964. The first-order valence-corrected chi connectivity index (χ1v) is 8.84. The van der Waals surface area contributed by atoms with Crippen molar-refractivity contribution in [1.82, 2.24) is 9.97 Å². The van der Waals surface area contributed by atoms with E-state index in [2.05, 4.69) is 20.4 Å². The van der Waals surface area contributed by atoms with Crippen LogP contribution in [0.15, 0.2) is 60.0 Å². The molecule has 0 aliphatic heterocycles. The molecule has 150 valence electrons. The van der Waals surface area contributed by atoms with Crippen molar-refractivity contribution in [1.29, 1.82) is 5.26 Å². The summed E-state index contributed by atoms with van der Waals surface area (Å²) >= 11 is 0. The Morgan fingerprint density at radius 2 is 1.93 bits per heavy atom. The van der Waals surface area contributed by atoms with Gasteiger partial charge in [0.1, 0.15) is 29.1 Å². The number of rotatable bonds is 6. The first kappa shape index (κ1) is 20.5. The summed E-state index contributed by atoms with van der Waals surface area (Å²) in [5, 5.41) is 15.4. The molecule has 1 N–H and O–H groups in total. The van der Waals surface area contributed by atoms with Crippen LogP contribution >= 0.6 is 0 Å². The van der Waals surface area contributed by atoms with Gasteiger partial charge in [-0.15, -0.1) is 0 Å². The maximum atomic E-state index is 13.7. The maximum absolute atomic E-state index is 13.7. The van der Waals surface area contributed by atoms with Crippen LogP contribution in [0.5, 0.6) is 5.75 Å². The second kappa shape index (κ2) is 9.34. The number of hydrogen-bond acceptors (Lipinski definition) is 6. The van der Waals surface area contributed by atoms with Crippen LogP contribution in [-0.4, -0.2) is 21.6 Å². The number of nitrogens with one attached hydrogen (secondary N) is 1. The Balaban J connectivity index is 1.75. The number of carbonyl (C=O) groups is 1. The molecule has 0 saturated carbocycles. The number of anilines is 1. The van der Waals surface area contributed by atoms with Gasteiger partial charge < -0.3 is 10.2 Å². The standard InChI is InChI=1S/C21H15F2N5O2/c1-2-16(28-30-18-7-4-10-25-17(18)11-24)13-8-9-19(26-12-13)27-21(29)20-14(22)5-3-6-15(20)23/h3-10,12H,2H2,1H3,(H,26,27,29). The minimum Gasteiger partial charge on any atom is -0.354 e. The zero-order valence-corrected chi connectivity index (χ0v) is 15.8. The summed E-state index contributed by atoms with van der Waals surface area (Å²) < 4.78 is 27.4. The zero-order chi connectivity index (χ0) is 21.5. The lowest BCUT2D eigenvalue weighted by Crippen LogP contribution is -2.16. The van der Waals surface area contributed by atoms with Gasteiger partial charge in [-0.25, -0.2) is 18.7 Å². The third-order valence-corrected chi connectivity index (χ3v) is 3.99. The summed E-state index contributed by atoms with van der Waals surface area (Å²) in [5.41, 5.74) is 0.564. The van der Waals surface area contributed by atoms with Gasteiger partial charge in [0.2, 0.25) is 0 Å². The van der Waals surface area contributed by atoms with Gasteiger partial charge in [-0.05, 0) is 42.8 Å². The summed E-state index contributed by atoms with van der Waals surface area (Å²) in [4.78, 5) is 25.5. The highest BCUT2D eigenvalue weighted by Gasteiger charge is 2.17. The first-order valence-electron chi connectivity index (χ1n) is 8.84. The number of hydrogen-bond donors (Lipinski definition) is 1. The predicted octanol–water partition coefficient (Wildman–Crippen LogP) is 4.07. The molecular formula is C21H15F2N5O2. The van der Waals surface area contributed by atoms with Crippen LogP contribution in [0.25, 0.3) is 0 Å². The van der Waals surface area contributed by atoms with Crippen molar-refractivity contribution >= 4 is 17.4 Å². The number of carbonyl (C=O) groups excluding carboxylic acids is 1. The normalized spacial score (nSPS) is 10.9. The molecule has 0 atom stereocenters. The molecule has 2 heterocycles. The summed E-state index contributed by atoms with van der Waals surface area (Å²) in [6.07, 6.45) is 3.41. The van der Waals surface area contributed by atoms with Gasteiger partial charge in [-0.1, -0.05) is 18.1 Å². The lowest BCUT2D eigenvalue weighted by Gasteiger charge is -2.08. The van der Waals surface area contributed by atoms with E-state index in [1.165, 1.54) is 24.5 Å². The van der Waals surface area contributed by atoms with E-state index in [-0.39, 0.29) is 17.3 Å². The molecule has 9 heteroatoms. The molecule has 0 fully saturated rings. The Labute approximate surface area is 170 Å². The summed E-state index contributed by atoms with van der Waals surface area (Å²) in [6.45, 7) is 1.85. The van der Waals surface area contributed by atoms with E-state index in [4.69, 9.17) is 10.1 Å². The van der Waals surface area contributed by atoms with E-state index >= 15 is 0 Å². The highest BCUT2D eigenvalue weighted by molar-refractivity contribution is 6.04. The van der Waals surface area contributed by atoms with E-state index in [1.54, 1.807) is 18.2 Å². The number of benzene rings is 1. The van der Waals surface area contributed by atoms with Gasteiger partial charge in [0, 0.05) is 18.0 Å². The Morgan fingerprint density at radius 3 is 2.57 bits per heavy atom. The smallest absolute Gasteiger partial charge is 0.262 e. The van der Waals surface area contributed by atoms with Crippen LogP contribution in [0.1, 0.15) is 35.0 Å². The van der Waals surface area contributed by atoms with Crippen molar-refractivity contribution in [3.63, 3.8) is 0 Å². The van der Waals surface area contributed by atoms with Crippen LogP contribution in [0, 0.1) is 23.0 Å². The van der Waals surface area contributed by atoms with Crippen LogP contribution < -0.4 is 10.2 Å². The molecule has 0 spiro atoms. The third-order valence-electron chi connectivity index (χ3n) is 3.99. The van der Waals surface area contributed by atoms with Crippen LogP contribution in [0.2, 0.25) is 0 Å². The molecule has 0 aliphatic rings. The molecule has 0 radical (unpaired) electrons. The number of pyridine rings is 2. The molecule has 1 aromatic carbocycles. The fourth-order valence-corrected chi connectivity index (χ4v) is 2.51. The fourth-order valence-electron chi connectivity index (χ4n) is 2.51. The zero-order valence-electron chi connectivity index (χ0n) is 15.8. The summed E-state index contributed by atoms with van der Waals surface area (Å²) in [7, 11) is 0. The highest BCUT2D eigenvalue weighted by atomic mass is 19.1. The molecule has 7 nitrogen and oxygen atoms in total. The highest BCUT2D eigenvalue weighted by Crippen LogP contribution is 2.17. The summed E-state index contributed by atoms with van der Waals surface area (Å²) in [5.74, 6) is -2.54. The van der Waals surface area contributed by atoms with Crippen molar-refractivity contribution in [2.24, 2.45) is 5.16 Å². The van der Waals surface area contributed by atoms with Crippen LogP contribution in [-0.2, 0) is 0 Å². The minimum absolute atomic E-state index is 0.105. The third kappa shape index (κ3) is 4.62. The first-order chi connectivity index (χ1) is 14.5. The van der Waals surface area contributed by atoms with Crippen molar-refractivity contribution in [3.05, 3.63) is 83.3 Å². The van der Waals surface area contributed by atoms with E-state index in [0.717, 1.165) is 12.1 Å². The van der Waals surface area contributed by atoms with Gasteiger partial charge in [-0.3, -0.25) is 4.79 Å². The average molecular weight is 407 g/mol. The van der Waals surface area contributed by atoms with Gasteiger partial charge in [-0.2, -0.15) is 5.26 Å². The number of halogens is 2. The Bertz CT molecular complexity index is 1120. The van der Waals surface area contributed by atoms with E-state index in [9.17, 15) is 13.6 Å². The van der Waals surface area contributed by atoms with Crippen molar-refractivity contribution in [3.8, 4) is 11.8 Å². The molecule has 3 aromatic rings. The Hall–Kier alpha value is -4.19. The fraction of sp³-hybridized carbons (Fsp3) is 0.0952. The van der Waals surface area contributed by atoms with E-state index in [0.29, 0.717) is 17.7 Å². The molecule has 0 saturated heterocycles. The molecule has 3 rings (SSSR count). The van der Waals surface area contributed by atoms with Crippen LogP contribution in [0.3, 0.4) is 0 Å². The predicted molar refractivity (Wildman–Crippen MR) is 105 cm³/mol. The van der Waals surface area contributed by atoms with Gasteiger partial charge in [0.15, 0.2) is 11.4 Å². The molecule has 0 aliphatic carbocycles. The maximum Gasteiger partial charge on any atom is 0.262 e. The lowest BCUT2D eigenvalue weighted by atomic mass is 10.1. The Morgan fingerprint density at radius 1 is 1.17 bits per heavy atom. The van der Waals surface area contributed by atoms with Crippen molar-refractivity contribution in [2.75, 3.05) is 5.32 Å². The monoisotopic (exact) mass is 407 g/mol. The second-order valence-electron chi connectivity index (χ2n) is 5.93. The van der Waals surface area contributed by atoms with Crippen molar-refractivity contribution in [2.45, 2.75) is 13.3 Å². The second-order valence-corrected chi connectivity index (χ2v) is 5.93. The van der Waals surface area contributed by atoms with E-state index in [1.807, 2.05) is 13.0 Å². The van der Waals surface area contributed by atoms with Crippen LogP contribution in [0.4, 0.5) is 14.6 Å². The van der Waals surface area contributed by atoms with Gasteiger partial charge in [0.05, 0.1) is 5.71 Å².